The molecule has 105 heavy (non-hydrogen) atoms. The fourth-order valence-electron chi connectivity index (χ4n) is 12.8. The van der Waals surface area contributed by atoms with Gasteiger partial charge in [-0.25, -0.2) is 0 Å². The predicted octanol–water partition coefficient (Wildman–Crippen LogP) is -17.7. The quantitative estimate of drug-likeness (QED) is 0.0226. The zero-order valence-electron chi connectivity index (χ0n) is 55.9. The van der Waals surface area contributed by atoms with Crippen LogP contribution in [0.25, 0.3) is 0 Å². The van der Waals surface area contributed by atoms with Gasteiger partial charge in [-0.1, -0.05) is 6.58 Å². The number of carbonyl (C=O) groups is 1. The maximum atomic E-state index is 12.3. The van der Waals surface area contributed by atoms with Crippen molar-refractivity contribution >= 4 is 17.7 Å². The summed E-state index contributed by atoms with van der Waals surface area (Å²) in [4.78, 5) is 11.5. The van der Waals surface area contributed by atoms with E-state index in [0.717, 1.165) is 6.08 Å². The molecule has 0 aromatic carbocycles. The summed E-state index contributed by atoms with van der Waals surface area (Å²) in [6.07, 6.45) is -81.6. The Bertz CT molecular complexity index is 2610. The van der Waals surface area contributed by atoms with Crippen LogP contribution in [0.2, 0.25) is 0 Å². The monoisotopic (exact) mass is 1560 g/mol. The Morgan fingerprint density at radius 1 is 0.352 bits per heavy atom. The van der Waals surface area contributed by atoms with Crippen molar-refractivity contribution in [1.82, 2.24) is 10.6 Å². The second-order valence-electron chi connectivity index (χ2n) is 26.4. The fourth-order valence-corrected chi connectivity index (χ4v) is 13.6. The Hall–Kier alpha value is -2.16. The molecule has 15 unspecified atom stereocenters. The van der Waals surface area contributed by atoms with E-state index >= 15 is 0 Å². The van der Waals surface area contributed by atoms with Crippen LogP contribution in [0.15, 0.2) is 12.7 Å². The lowest BCUT2D eigenvalue weighted by Crippen LogP contribution is -2.68. The lowest BCUT2D eigenvalue weighted by Gasteiger charge is -2.50. The summed E-state index contributed by atoms with van der Waals surface area (Å²) in [7, 11) is 0. The second-order valence-corrected chi connectivity index (χ2v) is 27.6. The number of hydrogen-bond donors (Lipinski definition) is 27. The number of aliphatic hydroxyl groups is 25. The molecule has 610 valence electrons. The Morgan fingerprint density at radius 2 is 0.695 bits per heavy atom. The summed E-state index contributed by atoms with van der Waals surface area (Å²) >= 11 is 1.49. The van der Waals surface area contributed by atoms with E-state index in [1.807, 2.05) is 0 Å². The van der Waals surface area contributed by atoms with Crippen LogP contribution in [0.4, 0.5) is 0 Å². The standard InChI is InChI=1S/C59H100N2O43S/c1-2-26(68)60-5-7-105-6-3-4-61-51-39(81)36(78)46(22(10-64)94-51)100-56-44(86)37(79)48(25(98-56)16-93-59-50(29(71)19(67)13-90-59)104-54-42(84)34(76)31(73)21(9-63)96-54)102-57-45(87)38(80)47(101-55-43(85)35(77)32(74)23(97-55)14-91-52-40(82)27(69)17(65)11-88-52)24(99-57)15-92-58-49(28(70)18(66)12-89-58)103-53-41(83)33(75)30(72)20(8-62)95-53/h2,17-25,27-59,61-67,69-87H,1,3-16H2,(H,60,68)/t17-,18-,19-,20?,21?,22+,23?,24+,25?,27-,28-,29-,30-,31-,32-,33-,34-,35-,36?,37+,38?,39?,40?,41?,42?,43?,44?,45?,46+,47+,48-,49?,50?,51-,52-,53-,54-,55-,56-,57+,58-,59-/m0/s1. The van der Waals surface area contributed by atoms with E-state index in [-0.39, 0.29) is 12.5 Å². The van der Waals surface area contributed by atoms with Crippen LogP contribution in [-0.2, 0) is 85.3 Å². The SMILES string of the molecule is C=CC(=O)NCCSCCCN[C@H]1O[C@H](CO)[C@@H](O[C@@H]2OC(CO[C@@H]3OC[C@H](O)[C@H](O)C3O[C@@H]3OC(CO)[C@H](O)[C@H](O)C3O)[C@H](O[C@H]3O[C@H](CO[C@@H]4OC[C@H](O)[C@H](O)C4O[C@@H]4OC(CO)[C@H](O)[C@H](O)C4O)[C@@H](O[C@@H]4OC(CO[C@@H]5OC[C@H](O)[C@H](O)C5O)[C@H](O)[C@H](O)C4O)C(O)C3O)[C@H](O)C2O)C(O)C1O. The predicted molar refractivity (Wildman–Crippen MR) is 330 cm³/mol. The Kier molecular flexibility index (Phi) is 32.7. The van der Waals surface area contributed by atoms with Crippen molar-refractivity contribution in [3.63, 3.8) is 0 Å². The van der Waals surface area contributed by atoms with Crippen molar-refractivity contribution in [3.8, 4) is 0 Å². The maximum Gasteiger partial charge on any atom is 0.243 e. The fraction of sp³-hybridized carbons (Fsp3) is 0.949. The van der Waals surface area contributed by atoms with Crippen LogP contribution in [0.1, 0.15) is 6.42 Å². The number of nitrogens with one attached hydrogen (secondary N) is 2. The summed E-state index contributed by atoms with van der Waals surface area (Å²) in [6, 6.07) is 0. The molecule has 46 heteroatoms. The van der Waals surface area contributed by atoms with Gasteiger partial charge < -0.3 is 214 Å². The minimum absolute atomic E-state index is 0.194. The molecule has 9 fully saturated rings. The van der Waals surface area contributed by atoms with Crippen LogP contribution >= 0.6 is 11.8 Å². The highest BCUT2D eigenvalue weighted by Crippen LogP contribution is 2.38. The third-order valence-electron chi connectivity index (χ3n) is 19.1. The average Bonchev–Trinajstić information content (AvgIpc) is 0.779. The molecule has 0 aliphatic carbocycles. The number of thioether (sulfide) groups is 1. The van der Waals surface area contributed by atoms with Gasteiger partial charge in [-0.2, -0.15) is 11.8 Å². The van der Waals surface area contributed by atoms with Crippen LogP contribution in [-0.4, -0.2) is 476 Å². The normalized spacial score (nSPS) is 49.4. The van der Waals surface area contributed by atoms with Crippen LogP contribution in [0, 0.1) is 0 Å². The molecule has 0 aromatic rings. The number of carbonyl (C=O) groups excluding carboxylic acids is 1. The molecular weight excluding hydrogens is 1460 g/mol. The van der Waals surface area contributed by atoms with Crippen molar-refractivity contribution < 1.29 is 213 Å². The molecule has 9 aliphatic heterocycles. The third kappa shape index (κ3) is 20.4. The van der Waals surface area contributed by atoms with Gasteiger partial charge in [0.2, 0.25) is 5.91 Å². The van der Waals surface area contributed by atoms with E-state index in [9.17, 15) is 132 Å². The third-order valence-corrected chi connectivity index (χ3v) is 20.2. The molecule has 0 saturated carbocycles. The van der Waals surface area contributed by atoms with E-state index in [1.165, 1.54) is 11.8 Å². The van der Waals surface area contributed by atoms with Crippen LogP contribution < -0.4 is 10.6 Å². The first kappa shape index (κ1) is 86.8. The highest BCUT2D eigenvalue weighted by molar-refractivity contribution is 7.99. The average molecular weight is 1560 g/mol. The molecule has 9 aliphatic rings. The minimum Gasteiger partial charge on any atom is -0.394 e. The highest BCUT2D eigenvalue weighted by atomic mass is 32.2. The Labute approximate surface area is 600 Å². The van der Waals surface area contributed by atoms with E-state index < -0.39 is 317 Å². The van der Waals surface area contributed by atoms with E-state index in [2.05, 4.69) is 17.2 Å². The van der Waals surface area contributed by atoms with Crippen molar-refractivity contribution in [3.05, 3.63) is 12.7 Å². The molecule has 0 aromatic heterocycles. The zero-order chi connectivity index (χ0) is 76.6. The number of ether oxygens (including phenoxy) is 17. The van der Waals surface area contributed by atoms with Gasteiger partial charge in [-0.05, 0) is 24.8 Å². The summed E-state index contributed by atoms with van der Waals surface area (Å²) in [5, 5.41) is 280. The second kappa shape index (κ2) is 39.5. The molecule has 9 rings (SSSR count). The molecule has 9 saturated heterocycles. The largest absolute Gasteiger partial charge is 0.394 e. The number of hydrogen-bond acceptors (Lipinski definition) is 45. The molecule has 42 atom stereocenters. The molecule has 0 bridgehead atoms. The first-order valence-corrected chi connectivity index (χ1v) is 35.0. The van der Waals surface area contributed by atoms with Crippen molar-refractivity contribution in [2.45, 2.75) is 264 Å². The van der Waals surface area contributed by atoms with Crippen molar-refractivity contribution in [2.24, 2.45) is 0 Å². The lowest BCUT2D eigenvalue weighted by atomic mass is 9.95. The summed E-state index contributed by atoms with van der Waals surface area (Å²) in [6.45, 7) is -3.79. The maximum absolute atomic E-state index is 12.3. The van der Waals surface area contributed by atoms with Gasteiger partial charge in [0.1, 0.15) is 208 Å². The van der Waals surface area contributed by atoms with Gasteiger partial charge in [0.25, 0.3) is 0 Å². The number of amides is 1. The van der Waals surface area contributed by atoms with Gasteiger partial charge >= 0.3 is 0 Å². The van der Waals surface area contributed by atoms with Crippen LogP contribution in [0.5, 0.6) is 0 Å². The summed E-state index contributed by atoms with van der Waals surface area (Å²) < 4.78 is 98.9. The summed E-state index contributed by atoms with van der Waals surface area (Å²) in [5.41, 5.74) is 0. The van der Waals surface area contributed by atoms with Gasteiger partial charge in [-0.15, -0.1) is 0 Å². The Morgan fingerprint density at radius 3 is 1.13 bits per heavy atom. The minimum atomic E-state index is -2.48. The first-order valence-electron chi connectivity index (χ1n) is 33.9. The first-order chi connectivity index (χ1) is 49.9. The van der Waals surface area contributed by atoms with Crippen molar-refractivity contribution in [2.75, 3.05) is 84.1 Å². The van der Waals surface area contributed by atoms with Gasteiger partial charge in [0.05, 0.1) is 59.5 Å². The molecule has 9 heterocycles. The highest BCUT2D eigenvalue weighted by Gasteiger charge is 2.58. The zero-order valence-corrected chi connectivity index (χ0v) is 56.7. The van der Waals surface area contributed by atoms with Gasteiger partial charge in [-0.3, -0.25) is 10.1 Å². The van der Waals surface area contributed by atoms with E-state index in [1.54, 1.807) is 0 Å². The lowest BCUT2D eigenvalue weighted by molar-refractivity contribution is -0.395. The smallest absolute Gasteiger partial charge is 0.243 e. The number of rotatable bonds is 31. The molecule has 45 nitrogen and oxygen atoms in total. The number of aliphatic hydroxyl groups excluding tert-OH is 25. The molecule has 1 amide bonds. The van der Waals surface area contributed by atoms with E-state index in [0.29, 0.717) is 24.5 Å². The van der Waals surface area contributed by atoms with E-state index in [4.69, 9.17) is 80.5 Å². The van der Waals surface area contributed by atoms with Crippen LogP contribution in [0.3, 0.4) is 0 Å². The summed E-state index contributed by atoms with van der Waals surface area (Å²) in [5.74, 6) is 0.778. The van der Waals surface area contributed by atoms with Gasteiger partial charge in [0.15, 0.2) is 50.3 Å². The molecular formula is C59H100N2O43S. The molecule has 27 N–H and O–H groups in total. The molecule has 0 radical (unpaired) electrons. The van der Waals surface area contributed by atoms with Gasteiger partial charge in [0, 0.05) is 12.3 Å². The molecule has 0 spiro atoms. The van der Waals surface area contributed by atoms with Crippen molar-refractivity contribution in [1.29, 1.82) is 0 Å². The Balaban J connectivity index is 0.986. The topological polar surface area (TPSA) is 704 Å².